The summed E-state index contributed by atoms with van der Waals surface area (Å²) in [6.45, 7) is 16.9. The molecular weight excluding hydrogens is 276 g/mol. The van der Waals surface area contributed by atoms with Gasteiger partial charge >= 0.3 is 37.6 Å². The van der Waals surface area contributed by atoms with Crippen LogP contribution in [-0.2, 0) is 20.0 Å². The number of allylic oxidation sites excluding steroid dienone is 8. The van der Waals surface area contributed by atoms with Crippen LogP contribution in [-0.4, -0.2) is 3.81 Å². The van der Waals surface area contributed by atoms with Crippen LogP contribution in [0.15, 0.2) is 34.4 Å². The molecule has 0 aromatic carbocycles. The fourth-order valence-corrected chi connectivity index (χ4v) is 1.99. The summed E-state index contributed by atoms with van der Waals surface area (Å²) in [5.74, 6) is 1.10. The van der Waals surface area contributed by atoms with Crippen molar-refractivity contribution >= 4 is 3.81 Å². The summed E-state index contributed by atoms with van der Waals surface area (Å²) in [7, 11) is 0. The van der Waals surface area contributed by atoms with Gasteiger partial charge in [0.05, 0.1) is 0 Å². The molecule has 108 valence electrons. The van der Waals surface area contributed by atoms with Crippen LogP contribution in [0.2, 0.25) is 0 Å². The van der Waals surface area contributed by atoms with Gasteiger partial charge in [0.25, 0.3) is 0 Å². The molecule has 0 bridgehead atoms. The van der Waals surface area contributed by atoms with E-state index >= 15 is 0 Å². The molecule has 0 heterocycles. The monoisotopic (exact) mass is 304 g/mol. The van der Waals surface area contributed by atoms with Crippen LogP contribution in [0.3, 0.4) is 0 Å². The third kappa shape index (κ3) is 8.66. The summed E-state index contributed by atoms with van der Waals surface area (Å²) < 4.78 is 1.42. The second kappa shape index (κ2) is 9.48. The fourth-order valence-electron chi connectivity index (χ4n) is 1.99. The minimum absolute atomic E-state index is 0.551. The Labute approximate surface area is 137 Å². The first kappa shape index (κ1) is 19.5. The van der Waals surface area contributed by atoms with E-state index in [1.54, 1.807) is 0 Å². The predicted octanol–water partition coefficient (Wildman–Crippen LogP) is 5.41. The van der Waals surface area contributed by atoms with Gasteiger partial charge in [0, 0.05) is 0 Å². The Bertz CT molecular complexity index is 380. The molecule has 1 heteroatoms. The van der Waals surface area contributed by atoms with Crippen molar-refractivity contribution in [2.45, 2.75) is 55.4 Å². The van der Waals surface area contributed by atoms with Crippen LogP contribution in [0.5, 0.6) is 0 Å². The maximum absolute atomic E-state index is 3.29. The third-order valence-electron chi connectivity index (χ3n) is 3.07. The summed E-state index contributed by atoms with van der Waals surface area (Å²) in [4.78, 5) is 0. The first-order valence-electron chi connectivity index (χ1n) is 7.23. The molecule has 0 aromatic heterocycles. The van der Waals surface area contributed by atoms with Crippen LogP contribution in [0.25, 0.3) is 0 Å². The first-order chi connectivity index (χ1) is 9.13. The van der Waals surface area contributed by atoms with Crippen molar-refractivity contribution in [3.63, 3.8) is 0 Å². The summed E-state index contributed by atoms with van der Waals surface area (Å²) in [6.07, 6.45) is 11.0. The van der Waals surface area contributed by atoms with E-state index in [0.29, 0.717) is 11.8 Å². The SMILES string of the molecule is CC1=[C-]C(C)C=C1C.CC1=[C-]C(C)C=C1C.C[C](C)=[Ti+2]. The van der Waals surface area contributed by atoms with Crippen molar-refractivity contribution in [3.8, 4) is 0 Å². The number of hydrogen-bond acceptors (Lipinski definition) is 0. The fraction of sp³-hybridized carbons (Fsp3) is 0.526. The quantitative estimate of drug-likeness (QED) is 0.415. The van der Waals surface area contributed by atoms with E-state index in [4.69, 9.17) is 0 Å². The van der Waals surface area contributed by atoms with Gasteiger partial charge in [-0.3, -0.25) is 12.2 Å². The molecule has 0 aromatic rings. The summed E-state index contributed by atoms with van der Waals surface area (Å²) in [5.41, 5.74) is 5.41. The summed E-state index contributed by atoms with van der Waals surface area (Å²) >= 11 is 2.08. The molecule has 0 fully saturated rings. The normalized spacial score (nSPS) is 23.5. The van der Waals surface area contributed by atoms with Gasteiger partial charge < -0.3 is 0 Å². The van der Waals surface area contributed by atoms with Gasteiger partial charge in [0.1, 0.15) is 0 Å². The second-order valence-corrected chi connectivity index (χ2v) is 7.38. The molecule has 0 amide bonds. The first-order valence-corrected chi connectivity index (χ1v) is 8.01. The van der Waals surface area contributed by atoms with Crippen molar-refractivity contribution in [1.82, 2.24) is 0 Å². The zero-order valence-corrected chi connectivity index (χ0v) is 15.9. The number of hydrogen-bond donors (Lipinski definition) is 0. The van der Waals surface area contributed by atoms with Gasteiger partial charge in [-0.05, 0) is 0 Å². The van der Waals surface area contributed by atoms with E-state index in [2.05, 4.69) is 99.7 Å². The Kier molecular flexibility index (Phi) is 9.26. The van der Waals surface area contributed by atoms with E-state index in [1.165, 1.54) is 26.1 Å². The zero-order chi connectivity index (χ0) is 15.9. The topological polar surface area (TPSA) is 0 Å². The molecule has 2 aliphatic carbocycles. The molecule has 2 aliphatic rings. The Morgan fingerprint density at radius 1 is 0.850 bits per heavy atom. The van der Waals surface area contributed by atoms with Crippen LogP contribution in [0.4, 0.5) is 0 Å². The van der Waals surface area contributed by atoms with Gasteiger partial charge in [-0.25, -0.2) is 22.3 Å². The second-order valence-electron chi connectivity index (χ2n) is 5.82. The molecule has 0 spiro atoms. The predicted molar refractivity (Wildman–Crippen MR) is 87.1 cm³/mol. The van der Waals surface area contributed by atoms with Gasteiger partial charge in [0.2, 0.25) is 0 Å². The summed E-state index contributed by atoms with van der Waals surface area (Å²) in [5, 5.41) is 0. The van der Waals surface area contributed by atoms with Crippen LogP contribution < -0.4 is 0 Å². The molecule has 0 aliphatic heterocycles. The molecule has 2 unspecified atom stereocenters. The van der Waals surface area contributed by atoms with E-state index in [9.17, 15) is 0 Å². The van der Waals surface area contributed by atoms with Gasteiger partial charge in [-0.1, -0.05) is 39.5 Å². The molecule has 0 N–H and O–H groups in total. The molecular formula is C19H28Ti. The van der Waals surface area contributed by atoms with Crippen LogP contribution in [0.1, 0.15) is 55.4 Å². The van der Waals surface area contributed by atoms with Crippen molar-refractivity contribution in [2.24, 2.45) is 11.8 Å². The Hall–Kier alpha value is -0.456. The maximum atomic E-state index is 3.29. The van der Waals surface area contributed by atoms with Crippen molar-refractivity contribution in [2.75, 3.05) is 0 Å². The van der Waals surface area contributed by atoms with E-state index in [-0.39, 0.29) is 0 Å². The van der Waals surface area contributed by atoms with Gasteiger partial charge in [0.15, 0.2) is 0 Å². The molecule has 0 saturated carbocycles. The minimum atomic E-state index is 0.551. The van der Waals surface area contributed by atoms with Crippen molar-refractivity contribution in [1.29, 1.82) is 0 Å². The standard InChI is InChI=1S/2C8H11.C3H6.Ti/c2*1-6-4-7(2)8(3)5-6;1-3-2;/h2*4,6H,1-3H3;1-2H3;/q2*-1;;+2. The molecule has 2 rings (SSSR count). The van der Waals surface area contributed by atoms with Crippen LogP contribution >= 0.6 is 0 Å². The van der Waals surface area contributed by atoms with Crippen molar-refractivity contribution < 1.29 is 20.0 Å². The Morgan fingerprint density at radius 3 is 1.15 bits per heavy atom. The average Bonchev–Trinajstić information content (AvgIpc) is 2.70. The van der Waals surface area contributed by atoms with Crippen molar-refractivity contribution in [3.05, 3.63) is 46.6 Å². The molecule has 0 saturated heterocycles. The zero-order valence-electron chi connectivity index (χ0n) is 14.3. The van der Waals surface area contributed by atoms with Gasteiger partial charge in [-0.2, -0.15) is 12.2 Å². The third-order valence-corrected chi connectivity index (χ3v) is 3.07. The summed E-state index contributed by atoms with van der Waals surface area (Å²) in [6, 6.07) is 0. The van der Waals surface area contributed by atoms with E-state index < -0.39 is 0 Å². The Balaban J connectivity index is 0.000000289. The number of rotatable bonds is 0. The Morgan fingerprint density at radius 2 is 1.10 bits per heavy atom. The molecule has 0 nitrogen and oxygen atoms in total. The molecule has 0 radical (unpaired) electrons. The van der Waals surface area contributed by atoms with E-state index in [1.807, 2.05) is 0 Å². The molecule has 20 heavy (non-hydrogen) atoms. The van der Waals surface area contributed by atoms with Gasteiger partial charge in [-0.15, -0.1) is 13.8 Å². The van der Waals surface area contributed by atoms with Crippen LogP contribution in [0, 0.1) is 24.0 Å². The van der Waals surface area contributed by atoms with E-state index in [0.717, 1.165) is 0 Å². The average molecular weight is 304 g/mol. The molecule has 2 atom stereocenters.